The van der Waals surface area contributed by atoms with Gasteiger partial charge in [-0.25, -0.2) is 4.98 Å². The monoisotopic (exact) mass is 392 g/mol. The molecule has 1 heterocycles. The molecule has 0 fully saturated rings. The highest BCUT2D eigenvalue weighted by molar-refractivity contribution is 7.80. The van der Waals surface area contributed by atoms with Crippen molar-refractivity contribution in [2.24, 2.45) is 0 Å². The topological polar surface area (TPSA) is 28.7 Å². The quantitative estimate of drug-likeness (QED) is 0.275. The number of para-hydroxylation sites is 1. The van der Waals surface area contributed by atoms with Crippen LogP contribution in [-0.4, -0.2) is 9.97 Å². The Balaban J connectivity index is 1.93. The summed E-state index contributed by atoms with van der Waals surface area (Å²) in [5.74, 6) is 0.887. The van der Waals surface area contributed by atoms with E-state index >= 15 is 0 Å². The van der Waals surface area contributed by atoms with Gasteiger partial charge in [-0.15, -0.1) is 12.6 Å². The molecule has 1 N–H and O–H groups in total. The number of benzene rings is 4. The molecule has 4 aromatic carbocycles. The second-order valence-corrected chi connectivity index (χ2v) is 7.59. The van der Waals surface area contributed by atoms with Crippen molar-refractivity contribution >= 4 is 23.7 Å². The largest absolute Gasteiger partial charge is 0.340 e. The maximum absolute atomic E-state index is 5.07. The maximum atomic E-state index is 5.07. The summed E-state index contributed by atoms with van der Waals surface area (Å²) >= 11 is 4.65. The van der Waals surface area contributed by atoms with E-state index in [4.69, 9.17) is 4.98 Å². The van der Waals surface area contributed by atoms with E-state index in [0.29, 0.717) is 0 Å². The Hall–Kier alpha value is -3.30. The molecule has 0 saturated carbocycles. The summed E-state index contributed by atoms with van der Waals surface area (Å²) in [6.07, 6.45) is 0. The van der Waals surface area contributed by atoms with Crippen LogP contribution in [0.3, 0.4) is 0 Å². The molecule has 3 heteroatoms. The van der Waals surface area contributed by atoms with Gasteiger partial charge in [-0.05, 0) is 28.8 Å². The normalized spacial score (nSPS) is 11.6. The molecular formula is C26H20N2S. The number of nitrogens with one attached hydrogen (secondary N) is 1. The van der Waals surface area contributed by atoms with E-state index in [9.17, 15) is 0 Å². The lowest BCUT2D eigenvalue weighted by molar-refractivity contribution is 0.695. The molecule has 0 atom stereocenters. The van der Waals surface area contributed by atoms with Crippen LogP contribution in [0.5, 0.6) is 0 Å². The number of fused-ring (bicyclic) bond motifs is 1. The number of imidazole rings is 1. The minimum atomic E-state index is -0.566. The van der Waals surface area contributed by atoms with Gasteiger partial charge in [0.05, 0.1) is 11.0 Å². The molecule has 1 aromatic heterocycles. The van der Waals surface area contributed by atoms with Crippen molar-refractivity contribution in [1.82, 2.24) is 9.97 Å². The summed E-state index contributed by atoms with van der Waals surface area (Å²) in [6.45, 7) is 0. The van der Waals surface area contributed by atoms with Crippen LogP contribution in [0.1, 0.15) is 22.5 Å². The van der Waals surface area contributed by atoms with Gasteiger partial charge in [0.25, 0.3) is 0 Å². The standard InChI is InChI=1S/C26H20N2S/c29-23-18-10-17-22-24(23)28-25(27-22)26(19-11-4-1-5-12-19,20-13-6-2-7-14-20)21-15-8-3-9-16-21/h1-18,29H,(H,27,28). The van der Waals surface area contributed by atoms with Crippen molar-refractivity contribution in [2.75, 3.05) is 0 Å². The van der Waals surface area contributed by atoms with Crippen molar-refractivity contribution in [3.8, 4) is 0 Å². The fourth-order valence-electron chi connectivity index (χ4n) is 4.17. The summed E-state index contributed by atoms with van der Waals surface area (Å²) in [5, 5.41) is 0. The highest BCUT2D eigenvalue weighted by atomic mass is 32.1. The van der Waals surface area contributed by atoms with E-state index < -0.39 is 5.41 Å². The molecule has 2 nitrogen and oxygen atoms in total. The number of rotatable bonds is 4. The summed E-state index contributed by atoms with van der Waals surface area (Å²) in [6, 6.07) is 37.7. The van der Waals surface area contributed by atoms with Gasteiger partial charge in [-0.3, -0.25) is 0 Å². The molecule has 0 bridgehead atoms. The smallest absolute Gasteiger partial charge is 0.126 e. The van der Waals surface area contributed by atoms with Gasteiger partial charge >= 0.3 is 0 Å². The van der Waals surface area contributed by atoms with Crippen LogP contribution in [-0.2, 0) is 5.41 Å². The van der Waals surface area contributed by atoms with Crippen LogP contribution in [0.4, 0.5) is 0 Å². The number of nitrogens with zero attached hydrogens (tertiary/aromatic N) is 1. The fraction of sp³-hybridized carbons (Fsp3) is 0.0385. The highest BCUT2D eigenvalue weighted by Gasteiger charge is 2.41. The van der Waals surface area contributed by atoms with E-state index in [1.54, 1.807) is 0 Å². The van der Waals surface area contributed by atoms with E-state index in [1.165, 1.54) is 0 Å². The lowest BCUT2D eigenvalue weighted by Crippen LogP contribution is -2.32. The Kier molecular flexibility index (Phi) is 4.45. The number of H-pyrrole nitrogens is 1. The van der Waals surface area contributed by atoms with Crippen molar-refractivity contribution < 1.29 is 0 Å². The Morgan fingerprint density at radius 1 is 0.586 bits per heavy atom. The van der Waals surface area contributed by atoms with Crippen molar-refractivity contribution in [2.45, 2.75) is 10.3 Å². The Morgan fingerprint density at radius 3 is 1.52 bits per heavy atom. The van der Waals surface area contributed by atoms with Gasteiger partial charge in [0.2, 0.25) is 0 Å². The minimum absolute atomic E-state index is 0.566. The molecule has 0 amide bonds. The molecule has 0 aliphatic heterocycles. The molecule has 0 spiro atoms. The number of aromatic amines is 1. The minimum Gasteiger partial charge on any atom is -0.340 e. The third kappa shape index (κ3) is 2.86. The summed E-state index contributed by atoms with van der Waals surface area (Å²) in [5.41, 5.74) is 4.80. The predicted molar refractivity (Wildman–Crippen MR) is 122 cm³/mol. The van der Waals surface area contributed by atoms with Crippen LogP contribution in [0.25, 0.3) is 11.0 Å². The molecule has 5 aromatic rings. The average molecular weight is 393 g/mol. The second-order valence-electron chi connectivity index (χ2n) is 7.10. The van der Waals surface area contributed by atoms with E-state index in [2.05, 4.69) is 109 Å². The molecule has 0 radical (unpaired) electrons. The zero-order chi connectivity index (χ0) is 19.7. The first-order valence-corrected chi connectivity index (χ1v) is 10.1. The lowest BCUT2D eigenvalue weighted by atomic mass is 9.69. The van der Waals surface area contributed by atoms with Gasteiger partial charge < -0.3 is 4.98 Å². The molecule has 5 rings (SSSR count). The van der Waals surface area contributed by atoms with Gasteiger partial charge in [0.1, 0.15) is 11.2 Å². The SMILES string of the molecule is Sc1cccc2nc(C(c3ccccc3)(c3ccccc3)c3ccccc3)[nH]c12. The Morgan fingerprint density at radius 2 is 1.07 bits per heavy atom. The summed E-state index contributed by atoms with van der Waals surface area (Å²) in [4.78, 5) is 9.58. The molecule has 0 saturated heterocycles. The van der Waals surface area contributed by atoms with E-state index in [0.717, 1.165) is 38.4 Å². The molecule has 0 aliphatic rings. The Labute approximate surface area is 175 Å². The average Bonchev–Trinajstić information content (AvgIpc) is 3.23. The molecule has 0 aliphatic carbocycles. The Bertz CT molecular complexity index is 1150. The summed E-state index contributed by atoms with van der Waals surface area (Å²) in [7, 11) is 0. The predicted octanol–water partition coefficient (Wildman–Crippen LogP) is 6.23. The fourth-order valence-corrected chi connectivity index (χ4v) is 4.43. The summed E-state index contributed by atoms with van der Waals surface area (Å²) < 4.78 is 0. The zero-order valence-corrected chi connectivity index (χ0v) is 16.7. The van der Waals surface area contributed by atoms with Crippen molar-refractivity contribution in [3.05, 3.63) is 132 Å². The number of thiol groups is 1. The number of aromatic nitrogens is 2. The van der Waals surface area contributed by atoms with Gasteiger partial charge in [0.15, 0.2) is 0 Å². The molecular weight excluding hydrogens is 372 g/mol. The first-order chi connectivity index (χ1) is 14.3. The van der Waals surface area contributed by atoms with Crippen molar-refractivity contribution in [3.63, 3.8) is 0 Å². The zero-order valence-electron chi connectivity index (χ0n) is 15.8. The van der Waals surface area contributed by atoms with Crippen molar-refractivity contribution in [1.29, 1.82) is 0 Å². The van der Waals surface area contributed by atoms with Crippen LogP contribution in [0.15, 0.2) is 114 Å². The van der Waals surface area contributed by atoms with E-state index in [-0.39, 0.29) is 0 Å². The van der Waals surface area contributed by atoms with Crippen LogP contribution in [0.2, 0.25) is 0 Å². The van der Waals surface area contributed by atoms with Gasteiger partial charge in [0, 0.05) is 4.90 Å². The second kappa shape index (κ2) is 7.26. The maximum Gasteiger partial charge on any atom is 0.126 e. The van der Waals surface area contributed by atoms with Gasteiger partial charge in [-0.1, -0.05) is 97.1 Å². The highest BCUT2D eigenvalue weighted by Crippen LogP contribution is 2.44. The first-order valence-electron chi connectivity index (χ1n) is 9.65. The van der Waals surface area contributed by atoms with Gasteiger partial charge in [-0.2, -0.15) is 0 Å². The van der Waals surface area contributed by atoms with Crippen LogP contribution < -0.4 is 0 Å². The third-order valence-electron chi connectivity index (χ3n) is 5.47. The lowest BCUT2D eigenvalue weighted by Gasteiger charge is -2.34. The molecule has 0 unspecified atom stereocenters. The van der Waals surface area contributed by atoms with Crippen LogP contribution >= 0.6 is 12.6 Å². The molecule has 29 heavy (non-hydrogen) atoms. The van der Waals surface area contributed by atoms with Crippen LogP contribution in [0, 0.1) is 0 Å². The number of hydrogen-bond acceptors (Lipinski definition) is 2. The van der Waals surface area contributed by atoms with E-state index in [1.807, 2.05) is 18.2 Å². The number of hydrogen-bond donors (Lipinski definition) is 2. The first kappa shape index (κ1) is 17.8. The molecule has 140 valence electrons. The third-order valence-corrected chi connectivity index (χ3v) is 5.84.